The Kier molecular flexibility index (Phi) is 5.21. The minimum atomic E-state index is -0.520. The quantitative estimate of drug-likeness (QED) is 0.924. The van der Waals surface area contributed by atoms with Gasteiger partial charge in [0.25, 0.3) is 0 Å². The molecule has 1 N–H and O–H groups in total. The Bertz CT molecular complexity index is 634. The molecule has 0 aliphatic carbocycles. The van der Waals surface area contributed by atoms with E-state index in [-0.39, 0.29) is 0 Å². The number of nitrogens with zero attached hydrogens (tertiary/aromatic N) is 2. The Hall–Kier alpha value is -2.56. The van der Waals surface area contributed by atoms with E-state index in [4.69, 9.17) is 4.74 Å². The zero-order valence-corrected chi connectivity index (χ0v) is 14.0. The van der Waals surface area contributed by atoms with E-state index in [9.17, 15) is 4.79 Å². The number of aromatic nitrogens is 1. The van der Waals surface area contributed by atoms with Gasteiger partial charge in [0.2, 0.25) is 0 Å². The molecule has 0 spiro atoms. The number of carbonyl (C=O) groups is 1. The molecule has 1 aromatic carbocycles. The van der Waals surface area contributed by atoms with Gasteiger partial charge < -0.3 is 9.64 Å². The highest BCUT2D eigenvalue weighted by molar-refractivity contribution is 5.84. The third-order valence-electron chi connectivity index (χ3n) is 3.05. The van der Waals surface area contributed by atoms with Gasteiger partial charge in [-0.3, -0.25) is 5.32 Å². The number of carbonyl (C=O) groups excluding carboxylic acids is 1. The predicted octanol–water partition coefficient (Wildman–Crippen LogP) is 4.07. The van der Waals surface area contributed by atoms with Gasteiger partial charge in [-0.15, -0.1) is 0 Å². The Morgan fingerprint density at radius 2 is 1.87 bits per heavy atom. The highest BCUT2D eigenvalue weighted by Crippen LogP contribution is 2.16. The molecule has 0 radical (unpaired) electrons. The minimum absolute atomic E-state index is 0.482. The standard InChI is InChI=1S/C18H23N3O2/c1-18(2,3)23-17(22)20-15-10-11-16(19-12-15)21(4)13-14-8-6-5-7-9-14/h5-12H,13H2,1-4H3,(H,20,22). The summed E-state index contributed by atoms with van der Waals surface area (Å²) in [7, 11) is 1.98. The zero-order valence-electron chi connectivity index (χ0n) is 14.0. The fourth-order valence-electron chi connectivity index (χ4n) is 2.05. The van der Waals surface area contributed by atoms with Crippen molar-refractivity contribution in [2.45, 2.75) is 32.9 Å². The highest BCUT2D eigenvalue weighted by Gasteiger charge is 2.16. The predicted molar refractivity (Wildman–Crippen MR) is 92.6 cm³/mol. The summed E-state index contributed by atoms with van der Waals surface area (Å²) in [5, 5.41) is 2.67. The van der Waals surface area contributed by atoms with Crippen LogP contribution in [0.25, 0.3) is 0 Å². The molecule has 1 amide bonds. The summed E-state index contributed by atoms with van der Waals surface area (Å²) in [6, 6.07) is 13.9. The Morgan fingerprint density at radius 3 is 2.43 bits per heavy atom. The Morgan fingerprint density at radius 1 is 1.17 bits per heavy atom. The van der Waals surface area contributed by atoms with E-state index in [0.29, 0.717) is 5.69 Å². The van der Waals surface area contributed by atoms with Gasteiger partial charge >= 0.3 is 6.09 Å². The van der Waals surface area contributed by atoms with Crippen LogP contribution in [-0.4, -0.2) is 23.7 Å². The van der Waals surface area contributed by atoms with Crippen molar-refractivity contribution in [1.29, 1.82) is 0 Å². The lowest BCUT2D eigenvalue weighted by Crippen LogP contribution is -2.27. The number of nitrogens with one attached hydrogen (secondary N) is 1. The normalized spacial score (nSPS) is 11.0. The zero-order chi connectivity index (χ0) is 16.9. The summed E-state index contributed by atoms with van der Waals surface area (Å²) in [5.41, 5.74) is 1.30. The molecular formula is C18H23N3O2. The molecule has 0 bridgehead atoms. The second-order valence-electron chi connectivity index (χ2n) is 6.37. The first kappa shape index (κ1) is 16.8. The molecule has 0 saturated heterocycles. The van der Waals surface area contributed by atoms with E-state index in [1.165, 1.54) is 5.56 Å². The number of pyridine rings is 1. The van der Waals surface area contributed by atoms with Crippen LogP contribution in [0.4, 0.5) is 16.3 Å². The number of anilines is 2. The number of rotatable bonds is 4. The van der Waals surface area contributed by atoms with Gasteiger partial charge in [0, 0.05) is 13.6 Å². The lowest BCUT2D eigenvalue weighted by Gasteiger charge is -2.20. The van der Waals surface area contributed by atoms with Crippen molar-refractivity contribution in [3.63, 3.8) is 0 Å². The molecule has 122 valence electrons. The second kappa shape index (κ2) is 7.13. The smallest absolute Gasteiger partial charge is 0.412 e. The van der Waals surface area contributed by atoms with Gasteiger partial charge in [-0.2, -0.15) is 0 Å². The average molecular weight is 313 g/mol. The number of hydrogen-bond donors (Lipinski definition) is 1. The lowest BCUT2D eigenvalue weighted by atomic mass is 10.2. The van der Waals surface area contributed by atoms with E-state index in [1.807, 2.05) is 63.1 Å². The second-order valence-corrected chi connectivity index (χ2v) is 6.37. The molecule has 0 aliphatic rings. The van der Waals surface area contributed by atoms with Gasteiger partial charge in [-0.25, -0.2) is 9.78 Å². The van der Waals surface area contributed by atoms with Crippen molar-refractivity contribution in [2.24, 2.45) is 0 Å². The SMILES string of the molecule is CN(Cc1ccccc1)c1ccc(NC(=O)OC(C)(C)C)cn1. The molecule has 2 rings (SSSR count). The molecule has 0 atom stereocenters. The van der Waals surface area contributed by atoms with Crippen molar-refractivity contribution >= 4 is 17.6 Å². The van der Waals surface area contributed by atoms with Gasteiger partial charge in [-0.1, -0.05) is 30.3 Å². The van der Waals surface area contributed by atoms with Gasteiger partial charge in [0.1, 0.15) is 11.4 Å². The largest absolute Gasteiger partial charge is 0.444 e. The highest BCUT2D eigenvalue weighted by atomic mass is 16.6. The van der Waals surface area contributed by atoms with Crippen LogP contribution in [0.3, 0.4) is 0 Å². The van der Waals surface area contributed by atoms with E-state index in [1.54, 1.807) is 6.20 Å². The fraction of sp³-hybridized carbons (Fsp3) is 0.333. The molecule has 1 aromatic heterocycles. The van der Waals surface area contributed by atoms with Crippen LogP contribution < -0.4 is 10.2 Å². The summed E-state index contributed by atoms with van der Waals surface area (Å²) in [5.74, 6) is 0.837. The minimum Gasteiger partial charge on any atom is -0.444 e. The van der Waals surface area contributed by atoms with E-state index in [2.05, 4.69) is 22.4 Å². The maximum atomic E-state index is 11.7. The first-order chi connectivity index (χ1) is 10.8. The molecule has 0 fully saturated rings. The third kappa shape index (κ3) is 5.62. The summed E-state index contributed by atoms with van der Waals surface area (Å²) in [4.78, 5) is 18.1. The third-order valence-corrected chi connectivity index (χ3v) is 3.05. The van der Waals surface area contributed by atoms with Gasteiger partial charge in [0.15, 0.2) is 0 Å². The fourth-order valence-corrected chi connectivity index (χ4v) is 2.05. The summed E-state index contributed by atoms with van der Waals surface area (Å²) >= 11 is 0. The van der Waals surface area contributed by atoms with E-state index >= 15 is 0 Å². The van der Waals surface area contributed by atoms with Crippen molar-refractivity contribution in [3.8, 4) is 0 Å². The average Bonchev–Trinajstić information content (AvgIpc) is 2.47. The van der Waals surface area contributed by atoms with Crippen LogP contribution in [-0.2, 0) is 11.3 Å². The maximum absolute atomic E-state index is 11.7. The number of ether oxygens (including phenoxy) is 1. The van der Waals surface area contributed by atoms with Crippen molar-refractivity contribution in [1.82, 2.24) is 4.98 Å². The van der Waals surface area contributed by atoms with Crippen molar-refractivity contribution in [3.05, 3.63) is 54.2 Å². The topological polar surface area (TPSA) is 54.5 Å². The summed E-state index contributed by atoms with van der Waals surface area (Å²) in [6.45, 7) is 6.25. The number of amides is 1. The first-order valence-electron chi connectivity index (χ1n) is 7.54. The number of hydrogen-bond acceptors (Lipinski definition) is 4. The van der Waals surface area contributed by atoms with Crippen LogP contribution in [0.1, 0.15) is 26.3 Å². The van der Waals surface area contributed by atoms with Crippen LogP contribution >= 0.6 is 0 Å². The van der Waals surface area contributed by atoms with E-state index in [0.717, 1.165) is 12.4 Å². The van der Waals surface area contributed by atoms with Crippen LogP contribution in [0.15, 0.2) is 48.7 Å². The molecular weight excluding hydrogens is 290 g/mol. The van der Waals surface area contributed by atoms with Gasteiger partial charge in [-0.05, 0) is 38.5 Å². The monoisotopic (exact) mass is 313 g/mol. The summed E-state index contributed by atoms with van der Waals surface area (Å²) in [6.07, 6.45) is 1.14. The first-order valence-corrected chi connectivity index (χ1v) is 7.54. The Balaban J connectivity index is 1.95. The van der Waals surface area contributed by atoms with Crippen LogP contribution in [0.2, 0.25) is 0 Å². The van der Waals surface area contributed by atoms with Crippen LogP contribution in [0.5, 0.6) is 0 Å². The Labute approximate surface area is 137 Å². The summed E-state index contributed by atoms with van der Waals surface area (Å²) < 4.78 is 5.21. The van der Waals surface area contributed by atoms with Crippen molar-refractivity contribution < 1.29 is 9.53 Å². The van der Waals surface area contributed by atoms with Crippen molar-refractivity contribution in [2.75, 3.05) is 17.3 Å². The molecule has 0 aliphatic heterocycles. The molecule has 23 heavy (non-hydrogen) atoms. The molecule has 0 saturated carbocycles. The van der Waals surface area contributed by atoms with Gasteiger partial charge in [0.05, 0.1) is 11.9 Å². The maximum Gasteiger partial charge on any atom is 0.412 e. The molecule has 0 unspecified atom stereocenters. The molecule has 1 heterocycles. The molecule has 2 aromatic rings. The molecule has 5 nitrogen and oxygen atoms in total. The lowest BCUT2D eigenvalue weighted by molar-refractivity contribution is 0.0636. The van der Waals surface area contributed by atoms with Crippen LogP contribution in [0, 0.1) is 0 Å². The number of benzene rings is 1. The molecule has 5 heteroatoms. The van der Waals surface area contributed by atoms with E-state index < -0.39 is 11.7 Å².